The summed E-state index contributed by atoms with van der Waals surface area (Å²) in [5, 5.41) is 1.20. The summed E-state index contributed by atoms with van der Waals surface area (Å²) in [4.78, 5) is 7.91. The van der Waals surface area contributed by atoms with Gasteiger partial charge in [0.1, 0.15) is 0 Å². The highest BCUT2D eigenvalue weighted by atomic mass is 32.2. The first-order valence-electron chi connectivity index (χ1n) is 6.14. The number of allylic oxidation sites excluding steroid dienone is 1. The van der Waals surface area contributed by atoms with E-state index in [1.54, 1.807) is 11.8 Å². The Hall–Kier alpha value is -2.00. The van der Waals surface area contributed by atoms with E-state index in [1.165, 1.54) is 15.6 Å². The molecule has 0 fully saturated rings. The van der Waals surface area contributed by atoms with E-state index >= 15 is 0 Å². The van der Waals surface area contributed by atoms with Gasteiger partial charge in [-0.15, -0.1) is 0 Å². The van der Waals surface area contributed by atoms with E-state index in [4.69, 9.17) is 0 Å². The van der Waals surface area contributed by atoms with Gasteiger partial charge in [0.25, 0.3) is 0 Å². The summed E-state index contributed by atoms with van der Waals surface area (Å²) >= 11 is 1.78. The predicted octanol–water partition coefficient (Wildman–Crippen LogP) is 4.47. The molecule has 3 heteroatoms. The first-order chi connectivity index (χ1) is 9.34. The quantitative estimate of drug-likeness (QED) is 0.745. The highest BCUT2D eigenvalue weighted by molar-refractivity contribution is 8.03. The van der Waals surface area contributed by atoms with E-state index in [1.807, 2.05) is 36.5 Å². The minimum atomic E-state index is 0.975. The lowest BCUT2D eigenvalue weighted by Gasteiger charge is -2.12. The van der Waals surface area contributed by atoms with Crippen LogP contribution in [0.25, 0.3) is 0 Å². The Morgan fingerprint density at radius 2 is 1.74 bits per heavy atom. The average molecular weight is 266 g/mol. The summed E-state index contributed by atoms with van der Waals surface area (Å²) in [6.45, 7) is 0. The van der Waals surface area contributed by atoms with Crippen molar-refractivity contribution in [2.24, 2.45) is 4.99 Å². The second-order valence-electron chi connectivity index (χ2n) is 4.25. The van der Waals surface area contributed by atoms with Crippen LogP contribution >= 0.6 is 11.8 Å². The van der Waals surface area contributed by atoms with Crippen LogP contribution < -0.4 is 4.90 Å². The molecule has 2 nitrogen and oxygen atoms in total. The van der Waals surface area contributed by atoms with Crippen molar-refractivity contribution in [2.45, 2.75) is 4.90 Å². The first kappa shape index (κ1) is 12.1. The van der Waals surface area contributed by atoms with Crippen LogP contribution in [-0.2, 0) is 0 Å². The van der Waals surface area contributed by atoms with E-state index in [0.29, 0.717) is 0 Å². The minimum Gasteiger partial charge on any atom is -0.338 e. The number of hydrogen-bond acceptors (Lipinski definition) is 3. The van der Waals surface area contributed by atoms with E-state index in [2.05, 4.69) is 47.3 Å². The number of aliphatic imine (C=N–C) groups is 1. The van der Waals surface area contributed by atoms with Crippen LogP contribution in [0.15, 0.2) is 75.6 Å². The van der Waals surface area contributed by atoms with Gasteiger partial charge in [0.2, 0.25) is 0 Å². The summed E-state index contributed by atoms with van der Waals surface area (Å²) in [6, 6.07) is 18.4. The van der Waals surface area contributed by atoms with E-state index in [9.17, 15) is 0 Å². The molecule has 0 amide bonds. The fourth-order valence-corrected chi connectivity index (χ4v) is 3.01. The third-order valence-electron chi connectivity index (χ3n) is 2.97. The molecule has 0 unspecified atom stereocenters. The number of rotatable bonds is 2. The lowest BCUT2D eigenvalue weighted by molar-refractivity contribution is 1.18. The van der Waals surface area contributed by atoms with Crippen molar-refractivity contribution in [3.05, 3.63) is 65.7 Å². The standard InChI is InChI=1S/C16H14N2S/c1-18-14-9-5-6-10-15(14)19-16(18)11-12-17-13-7-3-2-4-8-13/h2-12H,1H3/b16-11+,17-12?. The SMILES string of the molecule is CN1/C(=C\C=Nc2ccccc2)Sc2ccccc21. The van der Waals surface area contributed by atoms with E-state index < -0.39 is 0 Å². The molecule has 1 aliphatic heterocycles. The maximum absolute atomic E-state index is 4.43. The molecule has 19 heavy (non-hydrogen) atoms. The zero-order valence-corrected chi connectivity index (χ0v) is 11.5. The van der Waals surface area contributed by atoms with Crippen LogP contribution in [0.5, 0.6) is 0 Å². The maximum atomic E-state index is 4.43. The average Bonchev–Trinajstić information content (AvgIpc) is 2.78. The second kappa shape index (κ2) is 5.33. The largest absolute Gasteiger partial charge is 0.338 e. The lowest BCUT2D eigenvalue weighted by Crippen LogP contribution is -2.09. The second-order valence-corrected chi connectivity index (χ2v) is 5.31. The Morgan fingerprint density at radius 1 is 1.00 bits per heavy atom. The van der Waals surface area contributed by atoms with Crippen molar-refractivity contribution < 1.29 is 0 Å². The molecule has 3 rings (SSSR count). The van der Waals surface area contributed by atoms with Gasteiger partial charge in [0.05, 0.1) is 16.4 Å². The van der Waals surface area contributed by atoms with Crippen molar-refractivity contribution >= 4 is 29.4 Å². The fourth-order valence-electron chi connectivity index (χ4n) is 1.97. The third kappa shape index (κ3) is 2.56. The van der Waals surface area contributed by atoms with Gasteiger partial charge in [0, 0.05) is 18.2 Å². The van der Waals surface area contributed by atoms with E-state index in [-0.39, 0.29) is 0 Å². The minimum absolute atomic E-state index is 0.975. The molecule has 2 aromatic rings. The van der Waals surface area contributed by atoms with Crippen molar-refractivity contribution in [1.82, 2.24) is 0 Å². The van der Waals surface area contributed by atoms with Gasteiger partial charge in [-0.1, -0.05) is 42.1 Å². The molecule has 0 atom stereocenters. The molecule has 2 aromatic carbocycles. The summed E-state index contributed by atoms with van der Waals surface area (Å²) in [7, 11) is 2.08. The van der Waals surface area contributed by atoms with Crippen LogP contribution in [0.3, 0.4) is 0 Å². The van der Waals surface area contributed by atoms with Gasteiger partial charge in [-0.3, -0.25) is 4.99 Å². The predicted molar refractivity (Wildman–Crippen MR) is 83.4 cm³/mol. The van der Waals surface area contributed by atoms with Crippen LogP contribution in [0.2, 0.25) is 0 Å². The number of hydrogen-bond donors (Lipinski definition) is 0. The van der Waals surface area contributed by atoms with Gasteiger partial charge < -0.3 is 4.90 Å². The lowest BCUT2D eigenvalue weighted by atomic mass is 10.3. The Balaban J connectivity index is 1.78. The van der Waals surface area contributed by atoms with E-state index in [0.717, 1.165) is 5.69 Å². The van der Waals surface area contributed by atoms with Crippen LogP contribution in [0, 0.1) is 0 Å². The number of thioether (sulfide) groups is 1. The van der Waals surface area contributed by atoms with Crippen molar-refractivity contribution in [1.29, 1.82) is 0 Å². The molecule has 0 N–H and O–H groups in total. The fraction of sp³-hybridized carbons (Fsp3) is 0.0625. The van der Waals surface area contributed by atoms with Crippen molar-refractivity contribution in [2.75, 3.05) is 11.9 Å². The molecule has 1 heterocycles. The molecule has 0 saturated heterocycles. The monoisotopic (exact) mass is 266 g/mol. The van der Waals surface area contributed by atoms with Crippen LogP contribution in [-0.4, -0.2) is 13.3 Å². The molecule has 0 saturated carbocycles. The number of anilines is 1. The Bertz CT molecular complexity index is 632. The molecule has 0 spiro atoms. The Morgan fingerprint density at radius 3 is 2.53 bits per heavy atom. The maximum Gasteiger partial charge on any atom is 0.0814 e. The molecular weight excluding hydrogens is 252 g/mol. The third-order valence-corrected chi connectivity index (χ3v) is 4.15. The molecule has 0 bridgehead atoms. The number of fused-ring (bicyclic) bond motifs is 1. The summed E-state index contributed by atoms with van der Waals surface area (Å²) < 4.78 is 0. The molecule has 94 valence electrons. The molecule has 1 aliphatic rings. The van der Waals surface area contributed by atoms with Crippen LogP contribution in [0.4, 0.5) is 11.4 Å². The zero-order valence-electron chi connectivity index (χ0n) is 10.7. The molecule has 0 radical (unpaired) electrons. The number of para-hydroxylation sites is 2. The topological polar surface area (TPSA) is 15.6 Å². The molecule has 0 aromatic heterocycles. The summed E-state index contributed by atoms with van der Waals surface area (Å²) in [5.74, 6) is 0. The van der Waals surface area contributed by atoms with Gasteiger partial charge in [-0.05, 0) is 30.3 Å². The molecule has 0 aliphatic carbocycles. The molecular formula is C16H14N2S. The zero-order chi connectivity index (χ0) is 13.1. The van der Waals surface area contributed by atoms with Gasteiger partial charge in [0.15, 0.2) is 0 Å². The number of nitrogens with zero attached hydrogens (tertiary/aromatic N) is 2. The Labute approximate surface area is 117 Å². The Kier molecular flexibility index (Phi) is 3.38. The van der Waals surface area contributed by atoms with Crippen LogP contribution in [0.1, 0.15) is 0 Å². The van der Waals surface area contributed by atoms with Crippen molar-refractivity contribution in [3.8, 4) is 0 Å². The first-order valence-corrected chi connectivity index (χ1v) is 6.96. The van der Waals surface area contributed by atoms with Gasteiger partial charge in [-0.25, -0.2) is 0 Å². The highest BCUT2D eigenvalue weighted by Crippen LogP contribution is 2.44. The van der Waals surface area contributed by atoms with Gasteiger partial charge in [-0.2, -0.15) is 0 Å². The summed E-state index contributed by atoms with van der Waals surface area (Å²) in [5.41, 5.74) is 2.23. The van der Waals surface area contributed by atoms with Crippen molar-refractivity contribution in [3.63, 3.8) is 0 Å². The normalized spacial score (nSPS) is 16.3. The van der Waals surface area contributed by atoms with Gasteiger partial charge >= 0.3 is 0 Å². The number of benzene rings is 2. The highest BCUT2D eigenvalue weighted by Gasteiger charge is 2.20. The summed E-state index contributed by atoms with van der Waals surface area (Å²) in [6.07, 6.45) is 3.91. The smallest absolute Gasteiger partial charge is 0.0814 e.